The maximum absolute atomic E-state index is 10.9. The Morgan fingerprint density at radius 3 is 2.94 bits per heavy atom. The number of primary amides is 1. The van der Waals surface area contributed by atoms with Crippen molar-refractivity contribution in [3.63, 3.8) is 0 Å². The van der Waals surface area contributed by atoms with Gasteiger partial charge in [0.05, 0.1) is 6.54 Å². The van der Waals surface area contributed by atoms with Crippen molar-refractivity contribution in [2.75, 3.05) is 18.0 Å². The number of amides is 1. The molecule has 1 heterocycles. The minimum absolute atomic E-state index is 0.146. The van der Waals surface area contributed by atoms with Gasteiger partial charge in [-0.25, -0.2) is 9.97 Å². The highest BCUT2D eigenvalue weighted by atomic mass is 35.5. The number of halogens is 1. The van der Waals surface area contributed by atoms with E-state index in [0.717, 1.165) is 19.4 Å². The Balaban J connectivity index is 2.78. The lowest BCUT2D eigenvalue weighted by Crippen LogP contribution is -2.35. The van der Waals surface area contributed by atoms with E-state index in [1.165, 1.54) is 0 Å². The van der Waals surface area contributed by atoms with Crippen molar-refractivity contribution in [3.05, 3.63) is 17.5 Å². The predicted octanol–water partition coefficient (Wildman–Crippen LogP) is 1.22. The summed E-state index contributed by atoms with van der Waals surface area (Å²) >= 11 is 5.69. The standard InChI is InChI=1S/C10H15ClN4O/c1-2-3-6-15(7-8(12)16)9-4-5-13-10(11)14-9/h4-5H,2-3,6-7H2,1H3,(H2,12,16). The topological polar surface area (TPSA) is 72.1 Å². The Kier molecular flexibility index (Phi) is 4.98. The Hall–Kier alpha value is -1.36. The molecule has 0 aromatic carbocycles. The lowest BCUT2D eigenvalue weighted by Gasteiger charge is -2.21. The summed E-state index contributed by atoms with van der Waals surface area (Å²) in [4.78, 5) is 20.6. The summed E-state index contributed by atoms with van der Waals surface area (Å²) in [5, 5.41) is 0.170. The highest BCUT2D eigenvalue weighted by molar-refractivity contribution is 6.28. The number of nitrogens with two attached hydrogens (primary N) is 1. The number of aromatic nitrogens is 2. The van der Waals surface area contributed by atoms with Gasteiger partial charge < -0.3 is 10.6 Å². The molecule has 1 amide bonds. The van der Waals surface area contributed by atoms with Crippen molar-refractivity contribution in [1.29, 1.82) is 0 Å². The fourth-order valence-corrected chi connectivity index (χ4v) is 1.46. The van der Waals surface area contributed by atoms with Crippen LogP contribution in [0.2, 0.25) is 5.28 Å². The van der Waals surface area contributed by atoms with E-state index in [0.29, 0.717) is 5.82 Å². The molecule has 6 heteroatoms. The van der Waals surface area contributed by atoms with E-state index < -0.39 is 0 Å². The molecule has 1 aromatic rings. The molecule has 16 heavy (non-hydrogen) atoms. The van der Waals surface area contributed by atoms with Crippen molar-refractivity contribution in [3.8, 4) is 0 Å². The highest BCUT2D eigenvalue weighted by Gasteiger charge is 2.10. The van der Waals surface area contributed by atoms with E-state index in [4.69, 9.17) is 17.3 Å². The Labute approximate surface area is 99.6 Å². The van der Waals surface area contributed by atoms with Gasteiger partial charge in [-0.05, 0) is 24.1 Å². The van der Waals surface area contributed by atoms with E-state index in [2.05, 4.69) is 16.9 Å². The van der Waals surface area contributed by atoms with Gasteiger partial charge in [-0.15, -0.1) is 0 Å². The fraction of sp³-hybridized carbons (Fsp3) is 0.500. The molecule has 0 aliphatic carbocycles. The van der Waals surface area contributed by atoms with Crippen LogP contribution in [-0.4, -0.2) is 29.0 Å². The molecule has 0 bridgehead atoms. The van der Waals surface area contributed by atoms with E-state index in [-0.39, 0.29) is 17.7 Å². The second-order valence-corrected chi connectivity index (χ2v) is 3.76. The predicted molar refractivity (Wildman–Crippen MR) is 63.4 cm³/mol. The molecular weight excluding hydrogens is 228 g/mol. The smallest absolute Gasteiger partial charge is 0.236 e. The summed E-state index contributed by atoms with van der Waals surface area (Å²) < 4.78 is 0. The number of anilines is 1. The number of hydrogen-bond acceptors (Lipinski definition) is 4. The molecular formula is C10H15ClN4O. The number of nitrogens with zero attached hydrogens (tertiary/aromatic N) is 3. The third-order valence-electron chi connectivity index (χ3n) is 2.06. The van der Waals surface area contributed by atoms with Crippen LogP contribution >= 0.6 is 11.6 Å². The van der Waals surface area contributed by atoms with Crippen LogP contribution in [0.1, 0.15) is 19.8 Å². The van der Waals surface area contributed by atoms with E-state index in [1.807, 2.05) is 0 Å². The monoisotopic (exact) mass is 242 g/mol. The molecule has 0 fully saturated rings. The summed E-state index contributed by atoms with van der Waals surface area (Å²) in [6.45, 7) is 2.95. The van der Waals surface area contributed by atoms with Crippen LogP contribution in [0.5, 0.6) is 0 Å². The molecule has 5 nitrogen and oxygen atoms in total. The van der Waals surface area contributed by atoms with Crippen LogP contribution in [-0.2, 0) is 4.79 Å². The van der Waals surface area contributed by atoms with Crippen LogP contribution in [0.3, 0.4) is 0 Å². The summed E-state index contributed by atoms with van der Waals surface area (Å²) in [7, 11) is 0. The average molecular weight is 243 g/mol. The van der Waals surface area contributed by atoms with Gasteiger partial charge in [0.1, 0.15) is 5.82 Å². The molecule has 1 aromatic heterocycles. The Bertz CT molecular complexity index is 358. The SMILES string of the molecule is CCCCN(CC(N)=O)c1ccnc(Cl)n1. The van der Waals surface area contributed by atoms with Gasteiger partial charge in [-0.1, -0.05) is 13.3 Å². The van der Waals surface area contributed by atoms with Crippen LogP contribution in [0.4, 0.5) is 5.82 Å². The number of unbranched alkanes of at least 4 members (excludes halogenated alkanes) is 1. The van der Waals surface area contributed by atoms with Gasteiger partial charge in [-0.3, -0.25) is 4.79 Å². The Morgan fingerprint density at radius 1 is 1.62 bits per heavy atom. The maximum Gasteiger partial charge on any atom is 0.236 e. The molecule has 0 saturated carbocycles. The van der Waals surface area contributed by atoms with E-state index in [1.54, 1.807) is 17.2 Å². The summed E-state index contributed by atoms with van der Waals surface area (Å²) in [6, 6.07) is 1.71. The molecule has 88 valence electrons. The molecule has 0 aliphatic rings. The van der Waals surface area contributed by atoms with Gasteiger partial charge in [0, 0.05) is 12.7 Å². The van der Waals surface area contributed by atoms with Gasteiger partial charge in [0.25, 0.3) is 0 Å². The summed E-state index contributed by atoms with van der Waals surface area (Å²) in [5.74, 6) is 0.248. The van der Waals surface area contributed by atoms with Gasteiger partial charge in [-0.2, -0.15) is 0 Å². The van der Waals surface area contributed by atoms with Crippen LogP contribution in [0, 0.1) is 0 Å². The zero-order chi connectivity index (χ0) is 12.0. The fourth-order valence-electron chi connectivity index (χ4n) is 1.31. The van der Waals surface area contributed by atoms with E-state index in [9.17, 15) is 4.79 Å². The lowest BCUT2D eigenvalue weighted by atomic mass is 10.3. The van der Waals surface area contributed by atoms with Gasteiger partial charge in [0.15, 0.2) is 0 Å². The number of hydrogen-bond donors (Lipinski definition) is 1. The first kappa shape index (κ1) is 12.7. The van der Waals surface area contributed by atoms with Crippen molar-refractivity contribution in [1.82, 2.24) is 9.97 Å². The third-order valence-corrected chi connectivity index (χ3v) is 2.25. The minimum Gasteiger partial charge on any atom is -0.368 e. The molecule has 0 unspecified atom stereocenters. The van der Waals surface area contributed by atoms with Gasteiger partial charge in [0.2, 0.25) is 11.2 Å². The first-order valence-corrected chi connectivity index (χ1v) is 5.53. The average Bonchev–Trinajstić information content (AvgIpc) is 2.23. The maximum atomic E-state index is 10.9. The first-order valence-electron chi connectivity index (χ1n) is 5.15. The van der Waals surface area contributed by atoms with E-state index >= 15 is 0 Å². The molecule has 0 aliphatic heterocycles. The molecule has 2 N–H and O–H groups in total. The van der Waals surface area contributed by atoms with Crippen molar-refractivity contribution in [2.45, 2.75) is 19.8 Å². The van der Waals surface area contributed by atoms with Crippen LogP contribution in [0.25, 0.3) is 0 Å². The Morgan fingerprint density at radius 2 is 2.38 bits per heavy atom. The second-order valence-electron chi connectivity index (χ2n) is 3.43. The lowest BCUT2D eigenvalue weighted by molar-refractivity contribution is -0.116. The second kappa shape index (κ2) is 6.27. The minimum atomic E-state index is -0.383. The summed E-state index contributed by atoms with van der Waals surface area (Å²) in [5.41, 5.74) is 5.18. The van der Waals surface area contributed by atoms with Crippen LogP contribution < -0.4 is 10.6 Å². The van der Waals surface area contributed by atoms with Crippen LogP contribution in [0.15, 0.2) is 12.3 Å². The molecule has 0 saturated heterocycles. The normalized spacial score (nSPS) is 10.1. The zero-order valence-electron chi connectivity index (χ0n) is 9.19. The molecule has 0 radical (unpaired) electrons. The molecule has 1 rings (SSSR count). The quantitative estimate of drug-likeness (QED) is 0.762. The van der Waals surface area contributed by atoms with Crippen molar-refractivity contribution in [2.24, 2.45) is 5.73 Å². The van der Waals surface area contributed by atoms with Crippen molar-refractivity contribution < 1.29 is 4.79 Å². The zero-order valence-corrected chi connectivity index (χ0v) is 9.94. The van der Waals surface area contributed by atoms with Gasteiger partial charge >= 0.3 is 0 Å². The number of carbonyl (C=O) groups excluding carboxylic acids is 1. The van der Waals surface area contributed by atoms with Crippen molar-refractivity contribution >= 4 is 23.3 Å². The third kappa shape index (κ3) is 4.02. The molecule has 0 spiro atoms. The number of rotatable bonds is 6. The summed E-state index contributed by atoms with van der Waals surface area (Å²) in [6.07, 6.45) is 3.56. The molecule has 0 atom stereocenters. The number of carbonyl (C=O) groups is 1. The highest BCUT2D eigenvalue weighted by Crippen LogP contribution is 2.12. The first-order chi connectivity index (χ1) is 7.63. The largest absolute Gasteiger partial charge is 0.368 e.